The molecule has 0 aromatic heterocycles. The van der Waals surface area contributed by atoms with Crippen LogP contribution >= 0.6 is 0 Å². The Balaban J connectivity index is 0.00000392. The quantitative estimate of drug-likeness (QED) is 0.184. The number of carboxylic acid groups (broad SMARTS) is 4. The molecule has 1 amide bonds. The zero-order chi connectivity index (χ0) is 38.2. The maximum atomic E-state index is 13.5. The maximum absolute atomic E-state index is 13.5. The van der Waals surface area contributed by atoms with Crippen molar-refractivity contribution in [3.8, 4) is 0 Å². The smallest absolute Gasteiger partial charge is 0.550 e. The summed E-state index contributed by atoms with van der Waals surface area (Å²) in [5.74, 6) is -8.82. The number of aliphatic imine (C=N–C) groups is 4. The predicted molar refractivity (Wildman–Crippen MR) is 183 cm³/mol. The minimum absolute atomic E-state index is 0. The van der Waals surface area contributed by atoms with Gasteiger partial charge in [0, 0.05) is 52.6 Å². The van der Waals surface area contributed by atoms with Crippen molar-refractivity contribution < 1.29 is 163 Å². The molecule has 0 aromatic carbocycles. The van der Waals surface area contributed by atoms with Crippen molar-refractivity contribution in [3.05, 3.63) is 92.7 Å². The van der Waals surface area contributed by atoms with Gasteiger partial charge >= 0.3 is 118 Å². The fraction of sp³-hybridized carbons (Fsp3) is 0.342. The number of nitrogens with one attached hydrogen (secondary N) is 1. The molecule has 0 saturated heterocycles. The predicted octanol–water partition coefficient (Wildman–Crippen LogP) is -12.4. The van der Waals surface area contributed by atoms with Crippen LogP contribution in [0.4, 0.5) is 0 Å². The number of nitrogens with zero attached hydrogens (tertiary/aromatic N) is 4. The van der Waals surface area contributed by atoms with E-state index in [0.717, 1.165) is 22.3 Å². The monoisotopic (exact) mass is 797 g/mol. The van der Waals surface area contributed by atoms with E-state index in [1.807, 2.05) is 26.8 Å². The molecule has 8 bridgehead atoms. The molecule has 3 atom stereocenters. The fourth-order valence-corrected chi connectivity index (χ4v) is 6.96. The third kappa shape index (κ3) is 11.0. The molecule has 56 heavy (non-hydrogen) atoms. The molecule has 0 radical (unpaired) electrons. The zero-order valence-corrected chi connectivity index (χ0v) is 41.2. The summed E-state index contributed by atoms with van der Waals surface area (Å²) in [5, 5.41) is 49.6. The Morgan fingerprint density at radius 2 is 1.39 bits per heavy atom. The largest absolute Gasteiger partial charge is 1.00 e. The Morgan fingerprint density at radius 1 is 0.804 bits per heavy atom. The number of amides is 1. The molecule has 270 valence electrons. The van der Waals surface area contributed by atoms with Crippen molar-refractivity contribution in [3.63, 3.8) is 0 Å². The van der Waals surface area contributed by atoms with Crippen LogP contribution in [-0.2, 0) is 24.0 Å². The van der Waals surface area contributed by atoms with Crippen LogP contribution in [-0.4, -0.2) is 58.7 Å². The van der Waals surface area contributed by atoms with Crippen molar-refractivity contribution in [1.82, 2.24) is 5.32 Å². The van der Waals surface area contributed by atoms with Gasteiger partial charge in [-0.25, -0.2) is 15.0 Å². The van der Waals surface area contributed by atoms with E-state index in [2.05, 4.69) is 11.9 Å². The van der Waals surface area contributed by atoms with Crippen molar-refractivity contribution in [2.75, 3.05) is 0 Å². The number of hydrogen-bond acceptors (Lipinski definition) is 13. The topological polar surface area (TPSA) is 239 Å². The number of aliphatic carboxylic acids is 4. The number of carbonyl (C=O) groups excluding carboxylic acids is 5. The normalized spacial score (nSPS) is 20.1. The van der Waals surface area contributed by atoms with Crippen molar-refractivity contribution in [1.29, 1.82) is 0 Å². The number of carbonyl (C=O) groups is 5. The second-order valence-electron chi connectivity index (χ2n) is 12.9. The second-order valence-corrected chi connectivity index (χ2v) is 12.9. The van der Waals surface area contributed by atoms with Gasteiger partial charge in [-0.2, -0.15) is 0 Å². The number of fused-ring (bicyclic) bond motifs is 4. The van der Waals surface area contributed by atoms with Gasteiger partial charge in [0.15, 0.2) is 0 Å². The molecule has 0 aliphatic carbocycles. The van der Waals surface area contributed by atoms with E-state index in [4.69, 9.17) is 20.0 Å². The van der Waals surface area contributed by atoms with Gasteiger partial charge in [0.1, 0.15) is 0 Å². The van der Waals surface area contributed by atoms with Crippen LogP contribution in [0.3, 0.4) is 0 Å². The summed E-state index contributed by atoms with van der Waals surface area (Å²) in [5.41, 5.74) is 5.99. The molecule has 5 rings (SSSR count). The Morgan fingerprint density at radius 3 is 1.95 bits per heavy atom. The maximum Gasteiger partial charge on any atom is 1.00 e. The van der Waals surface area contributed by atoms with Crippen LogP contribution in [0.25, 0.3) is 0 Å². The summed E-state index contributed by atoms with van der Waals surface area (Å²) >= 11 is 0. The van der Waals surface area contributed by atoms with Crippen LogP contribution in [0.1, 0.15) is 66.7 Å². The number of hydrogen-bond donors (Lipinski definition) is 1. The van der Waals surface area contributed by atoms with Crippen LogP contribution in [0.2, 0.25) is 0 Å². The standard InChI is InChI=1S/C38H39N5O9.4Na/c1-7-20-16(3)24-12-26-18(5)22(9-10-32(45)46)35(42-26)23(11-31(44)41-30(37(49)50)15-33(47)48)36-34(38(51)52)19(6)27(43-36)14-29-21(8-2)17(4)25(40-29)13-28(20)39-24;;;;/h7,12-14,18,22,30H,1,8-11,15H2,2-6H3,(H,41,44)(H,45,46)(H,47,48)(H,49,50)(H,51,52);;;;/q;4*+1/p-4. The third-order valence-corrected chi connectivity index (χ3v) is 9.77. The number of allylic oxidation sites excluding steroid dienone is 10. The van der Waals surface area contributed by atoms with E-state index in [1.165, 1.54) is 6.92 Å². The van der Waals surface area contributed by atoms with Gasteiger partial charge in [0.2, 0.25) is 5.91 Å². The first-order chi connectivity index (χ1) is 24.6. The summed E-state index contributed by atoms with van der Waals surface area (Å²) < 4.78 is 0. The Bertz CT molecular complexity index is 2120. The van der Waals surface area contributed by atoms with E-state index < -0.39 is 66.9 Å². The zero-order valence-electron chi connectivity index (χ0n) is 33.2. The first kappa shape index (κ1) is 52.0. The molecule has 0 fully saturated rings. The molecule has 0 aromatic rings. The van der Waals surface area contributed by atoms with Gasteiger partial charge in [-0.05, 0) is 80.6 Å². The van der Waals surface area contributed by atoms with Gasteiger partial charge in [-0.3, -0.25) is 9.79 Å². The van der Waals surface area contributed by atoms with Crippen LogP contribution in [0.5, 0.6) is 0 Å². The molecule has 5 aliphatic heterocycles. The van der Waals surface area contributed by atoms with E-state index in [-0.39, 0.29) is 158 Å². The Labute approximate surface area is 412 Å². The van der Waals surface area contributed by atoms with Gasteiger partial charge in [0.05, 0.1) is 64.3 Å². The molecule has 0 saturated carbocycles. The summed E-state index contributed by atoms with van der Waals surface area (Å²) in [6.07, 6.45) is 5.24. The fourth-order valence-electron chi connectivity index (χ4n) is 6.96. The minimum atomic E-state index is -1.97. The van der Waals surface area contributed by atoms with Gasteiger partial charge in [-0.1, -0.05) is 26.5 Å². The summed E-state index contributed by atoms with van der Waals surface area (Å²) in [4.78, 5) is 80.3. The summed E-state index contributed by atoms with van der Waals surface area (Å²) in [6.45, 7) is 13.0. The van der Waals surface area contributed by atoms with Crippen LogP contribution < -0.4 is 144 Å². The second kappa shape index (κ2) is 21.8. The molecular weight excluding hydrogens is 762 g/mol. The molecule has 5 aliphatic rings. The average Bonchev–Trinajstić information content (AvgIpc) is 3.74. The van der Waals surface area contributed by atoms with E-state index >= 15 is 0 Å². The molecule has 0 spiro atoms. The summed E-state index contributed by atoms with van der Waals surface area (Å²) in [6, 6.07) is -1.97. The Kier molecular flexibility index (Phi) is 20.2. The molecule has 5 heterocycles. The molecule has 3 unspecified atom stereocenters. The first-order valence-electron chi connectivity index (χ1n) is 16.7. The molecule has 14 nitrogen and oxygen atoms in total. The van der Waals surface area contributed by atoms with Crippen LogP contribution in [0, 0.1) is 11.8 Å². The third-order valence-electron chi connectivity index (χ3n) is 9.77. The van der Waals surface area contributed by atoms with Crippen LogP contribution in [0.15, 0.2) is 113 Å². The molecule has 18 heteroatoms. The van der Waals surface area contributed by atoms with E-state index in [9.17, 15) is 44.4 Å². The van der Waals surface area contributed by atoms with E-state index in [1.54, 1.807) is 25.2 Å². The minimum Gasteiger partial charge on any atom is -0.550 e. The average molecular weight is 798 g/mol. The molecule has 1 N–H and O–H groups in total. The SMILES string of the molecule is C=CC1=C(C)C2=CC3=NC(=C(CC(=O)NC(CC(=O)[O-])C(=O)[O-])C4=NC(=CC5=NC(=CC1=N2)C(C)=C5CC)C(C)=C4C(=O)[O-])C(CCC(=O)[O-])C3C.[Na+].[Na+].[Na+].[Na+]. The van der Waals surface area contributed by atoms with Crippen molar-refractivity contribution in [2.24, 2.45) is 31.8 Å². The summed E-state index contributed by atoms with van der Waals surface area (Å²) in [7, 11) is 0. The van der Waals surface area contributed by atoms with Crippen molar-refractivity contribution >= 4 is 52.6 Å². The number of carboxylic acids is 4. The Hall–Kier alpha value is -2.05. The van der Waals surface area contributed by atoms with Gasteiger partial charge in [-0.15, -0.1) is 0 Å². The van der Waals surface area contributed by atoms with Crippen molar-refractivity contribution in [2.45, 2.75) is 72.8 Å². The number of rotatable bonds is 12. The van der Waals surface area contributed by atoms with Gasteiger partial charge < -0.3 is 44.9 Å². The first-order valence-corrected chi connectivity index (χ1v) is 16.7. The van der Waals surface area contributed by atoms with E-state index in [0.29, 0.717) is 34.9 Å². The molecular formula is C38H35N5Na4O9. The van der Waals surface area contributed by atoms with Gasteiger partial charge in [0.25, 0.3) is 0 Å².